The molecule has 2 rings (SSSR count). The van der Waals surface area contributed by atoms with Crippen LogP contribution in [0.5, 0.6) is 5.75 Å². The van der Waals surface area contributed by atoms with Gasteiger partial charge in [0.2, 0.25) is 0 Å². The van der Waals surface area contributed by atoms with E-state index >= 15 is 0 Å². The summed E-state index contributed by atoms with van der Waals surface area (Å²) in [5, 5.41) is 12.8. The Labute approximate surface area is 134 Å². The van der Waals surface area contributed by atoms with E-state index in [2.05, 4.69) is 5.32 Å². The summed E-state index contributed by atoms with van der Waals surface area (Å²) in [5.41, 5.74) is 2.27. The molecule has 2 aromatic rings. The standard InChI is InChI=1S/C18H20FNO3/c1-12-10-15(19)7-6-13(12)8-9-20-18(22)17(21)14-4-3-5-16(11-14)23-2/h3-7,10-11,17,21H,8-9H2,1-2H3,(H,20,22). The van der Waals surface area contributed by atoms with Crippen LogP contribution in [0.2, 0.25) is 0 Å². The minimum Gasteiger partial charge on any atom is -0.497 e. The van der Waals surface area contributed by atoms with Gasteiger partial charge < -0.3 is 15.2 Å². The molecule has 4 nitrogen and oxygen atoms in total. The molecule has 0 aromatic heterocycles. The lowest BCUT2D eigenvalue weighted by Crippen LogP contribution is -2.31. The Morgan fingerprint density at radius 3 is 2.78 bits per heavy atom. The van der Waals surface area contributed by atoms with Crippen molar-refractivity contribution >= 4 is 5.91 Å². The van der Waals surface area contributed by atoms with Gasteiger partial charge in [-0.3, -0.25) is 4.79 Å². The highest BCUT2D eigenvalue weighted by Crippen LogP contribution is 2.19. The first-order valence-electron chi connectivity index (χ1n) is 7.36. The maximum absolute atomic E-state index is 13.0. The summed E-state index contributed by atoms with van der Waals surface area (Å²) in [7, 11) is 1.52. The molecule has 1 atom stereocenters. The number of amides is 1. The Balaban J connectivity index is 1.91. The second-order valence-corrected chi connectivity index (χ2v) is 5.29. The number of hydrogen-bond acceptors (Lipinski definition) is 3. The topological polar surface area (TPSA) is 58.6 Å². The van der Waals surface area contributed by atoms with Crippen molar-refractivity contribution in [3.05, 3.63) is 65.0 Å². The summed E-state index contributed by atoms with van der Waals surface area (Å²) >= 11 is 0. The monoisotopic (exact) mass is 317 g/mol. The van der Waals surface area contributed by atoms with Gasteiger partial charge in [0, 0.05) is 6.54 Å². The fraction of sp³-hybridized carbons (Fsp3) is 0.278. The van der Waals surface area contributed by atoms with Crippen molar-refractivity contribution in [1.82, 2.24) is 5.32 Å². The molecule has 23 heavy (non-hydrogen) atoms. The van der Waals surface area contributed by atoms with Crippen LogP contribution in [-0.2, 0) is 11.2 Å². The van der Waals surface area contributed by atoms with E-state index in [1.165, 1.54) is 19.2 Å². The van der Waals surface area contributed by atoms with Gasteiger partial charge in [-0.15, -0.1) is 0 Å². The van der Waals surface area contributed by atoms with Gasteiger partial charge in [-0.2, -0.15) is 0 Å². The van der Waals surface area contributed by atoms with Gasteiger partial charge in [0.15, 0.2) is 6.10 Å². The number of rotatable bonds is 6. The molecule has 0 fully saturated rings. The summed E-state index contributed by atoms with van der Waals surface area (Å²) in [6.07, 6.45) is -0.678. The second kappa shape index (κ2) is 7.74. The number of carbonyl (C=O) groups is 1. The third-order valence-electron chi connectivity index (χ3n) is 3.66. The van der Waals surface area contributed by atoms with Crippen LogP contribution in [0.4, 0.5) is 4.39 Å². The van der Waals surface area contributed by atoms with Crippen LogP contribution >= 0.6 is 0 Å². The number of methoxy groups -OCH3 is 1. The van der Waals surface area contributed by atoms with Crippen LogP contribution in [-0.4, -0.2) is 24.7 Å². The van der Waals surface area contributed by atoms with Crippen LogP contribution in [0.1, 0.15) is 22.8 Å². The van der Waals surface area contributed by atoms with Crippen molar-refractivity contribution in [1.29, 1.82) is 0 Å². The SMILES string of the molecule is COc1cccc(C(O)C(=O)NCCc2ccc(F)cc2C)c1. The minimum atomic E-state index is -1.25. The van der Waals surface area contributed by atoms with E-state index in [0.717, 1.165) is 11.1 Å². The number of ether oxygens (including phenoxy) is 1. The van der Waals surface area contributed by atoms with Crippen molar-refractivity contribution in [3.63, 3.8) is 0 Å². The summed E-state index contributed by atoms with van der Waals surface area (Å²) < 4.78 is 18.1. The van der Waals surface area contributed by atoms with Gasteiger partial charge in [0.25, 0.3) is 5.91 Å². The molecule has 0 saturated carbocycles. The molecule has 122 valence electrons. The van der Waals surface area contributed by atoms with Crippen molar-refractivity contribution in [2.75, 3.05) is 13.7 Å². The molecule has 1 unspecified atom stereocenters. The van der Waals surface area contributed by atoms with E-state index < -0.39 is 12.0 Å². The molecule has 0 saturated heterocycles. The number of nitrogens with one attached hydrogen (secondary N) is 1. The smallest absolute Gasteiger partial charge is 0.253 e. The average Bonchev–Trinajstić information content (AvgIpc) is 2.56. The van der Waals surface area contributed by atoms with Crippen LogP contribution in [0.25, 0.3) is 0 Å². The Morgan fingerprint density at radius 1 is 1.30 bits per heavy atom. The zero-order valence-corrected chi connectivity index (χ0v) is 13.2. The second-order valence-electron chi connectivity index (χ2n) is 5.29. The normalized spacial score (nSPS) is 11.8. The number of hydrogen-bond donors (Lipinski definition) is 2. The van der Waals surface area contributed by atoms with Gasteiger partial charge in [-0.05, 0) is 54.3 Å². The third-order valence-corrected chi connectivity index (χ3v) is 3.66. The van der Waals surface area contributed by atoms with E-state index in [4.69, 9.17) is 4.74 Å². The van der Waals surface area contributed by atoms with Crippen LogP contribution in [0.15, 0.2) is 42.5 Å². The number of carbonyl (C=O) groups excluding carboxylic acids is 1. The zero-order valence-electron chi connectivity index (χ0n) is 13.2. The van der Waals surface area contributed by atoms with Gasteiger partial charge in [0.05, 0.1) is 7.11 Å². The molecule has 0 bridgehead atoms. The van der Waals surface area contributed by atoms with Crippen molar-refractivity contribution in [2.24, 2.45) is 0 Å². The zero-order chi connectivity index (χ0) is 16.8. The predicted octanol–water partition coefficient (Wildman–Crippen LogP) is 2.54. The number of aliphatic hydroxyl groups is 1. The first-order valence-corrected chi connectivity index (χ1v) is 7.36. The maximum atomic E-state index is 13.0. The Kier molecular flexibility index (Phi) is 5.71. The molecule has 0 aliphatic rings. The lowest BCUT2D eigenvalue weighted by molar-refractivity contribution is -0.129. The summed E-state index contributed by atoms with van der Waals surface area (Å²) in [5.74, 6) is -0.168. The molecular weight excluding hydrogens is 297 g/mol. The average molecular weight is 317 g/mol. The number of benzene rings is 2. The van der Waals surface area contributed by atoms with Crippen molar-refractivity contribution in [3.8, 4) is 5.75 Å². The molecule has 0 aliphatic carbocycles. The van der Waals surface area contributed by atoms with Gasteiger partial charge >= 0.3 is 0 Å². The molecule has 0 spiro atoms. The molecule has 1 amide bonds. The number of aryl methyl sites for hydroxylation is 1. The lowest BCUT2D eigenvalue weighted by Gasteiger charge is -2.13. The van der Waals surface area contributed by atoms with E-state index in [9.17, 15) is 14.3 Å². The Morgan fingerprint density at radius 2 is 2.09 bits per heavy atom. The third kappa shape index (κ3) is 4.53. The van der Waals surface area contributed by atoms with Crippen LogP contribution in [0.3, 0.4) is 0 Å². The highest BCUT2D eigenvalue weighted by Gasteiger charge is 2.17. The van der Waals surface area contributed by atoms with Crippen LogP contribution < -0.4 is 10.1 Å². The minimum absolute atomic E-state index is 0.274. The first kappa shape index (κ1) is 17.0. The first-order chi connectivity index (χ1) is 11.0. The predicted molar refractivity (Wildman–Crippen MR) is 85.8 cm³/mol. The molecule has 5 heteroatoms. The fourth-order valence-electron chi connectivity index (χ4n) is 2.32. The molecule has 0 radical (unpaired) electrons. The molecular formula is C18H20FNO3. The molecule has 2 aromatic carbocycles. The van der Waals surface area contributed by atoms with E-state index in [0.29, 0.717) is 24.3 Å². The summed E-state index contributed by atoms with van der Waals surface area (Å²) in [6, 6.07) is 11.3. The number of aliphatic hydroxyl groups excluding tert-OH is 1. The Hall–Kier alpha value is -2.40. The highest BCUT2D eigenvalue weighted by atomic mass is 19.1. The quantitative estimate of drug-likeness (QED) is 0.861. The fourth-order valence-corrected chi connectivity index (χ4v) is 2.32. The van der Waals surface area contributed by atoms with E-state index in [1.807, 2.05) is 6.92 Å². The lowest BCUT2D eigenvalue weighted by atomic mass is 10.1. The van der Waals surface area contributed by atoms with E-state index in [-0.39, 0.29) is 5.82 Å². The van der Waals surface area contributed by atoms with Gasteiger partial charge in [-0.25, -0.2) is 4.39 Å². The molecule has 0 heterocycles. The van der Waals surface area contributed by atoms with Gasteiger partial charge in [0.1, 0.15) is 11.6 Å². The largest absolute Gasteiger partial charge is 0.497 e. The molecule has 0 aliphatic heterocycles. The van der Waals surface area contributed by atoms with Crippen molar-refractivity contribution in [2.45, 2.75) is 19.4 Å². The Bertz CT molecular complexity index is 688. The van der Waals surface area contributed by atoms with Gasteiger partial charge in [-0.1, -0.05) is 18.2 Å². The highest BCUT2D eigenvalue weighted by molar-refractivity contribution is 5.82. The maximum Gasteiger partial charge on any atom is 0.253 e. The molecule has 2 N–H and O–H groups in total. The number of halogens is 1. The van der Waals surface area contributed by atoms with Crippen molar-refractivity contribution < 1.29 is 19.0 Å². The van der Waals surface area contributed by atoms with E-state index in [1.54, 1.807) is 30.3 Å². The van der Waals surface area contributed by atoms with Crippen LogP contribution in [0, 0.1) is 12.7 Å². The summed E-state index contributed by atoms with van der Waals surface area (Å²) in [6.45, 7) is 2.19. The summed E-state index contributed by atoms with van der Waals surface area (Å²) in [4.78, 5) is 12.0.